The van der Waals surface area contributed by atoms with Crippen LogP contribution < -0.4 is 23.8 Å². The van der Waals surface area contributed by atoms with Crippen molar-refractivity contribution in [1.29, 1.82) is 0 Å². The molecule has 0 bridgehead atoms. The molecule has 4 aromatic rings. The molecular weight excluding hydrogens is 514 g/mol. The molecule has 1 saturated heterocycles. The van der Waals surface area contributed by atoms with Crippen LogP contribution in [0.1, 0.15) is 12.6 Å². The van der Waals surface area contributed by atoms with E-state index in [-0.39, 0.29) is 6.54 Å². The molecule has 14 heteroatoms. The first-order chi connectivity index (χ1) is 18.4. The van der Waals surface area contributed by atoms with Gasteiger partial charge >= 0.3 is 0 Å². The normalized spacial score (nSPS) is 13.7. The average molecular weight is 542 g/mol. The van der Waals surface area contributed by atoms with E-state index in [1.54, 1.807) is 49.1 Å². The first kappa shape index (κ1) is 25.6. The molecule has 1 aliphatic heterocycles. The number of methoxy groups -OCH3 is 2. The van der Waals surface area contributed by atoms with Crippen LogP contribution >= 0.6 is 0 Å². The van der Waals surface area contributed by atoms with Crippen LogP contribution in [0.25, 0.3) is 28.5 Å². The number of aliphatic hydroxyl groups is 1. The van der Waals surface area contributed by atoms with Gasteiger partial charge in [-0.1, -0.05) is 12.1 Å². The third-order valence-electron chi connectivity index (χ3n) is 5.95. The Morgan fingerprint density at radius 3 is 2.37 bits per heavy atom. The summed E-state index contributed by atoms with van der Waals surface area (Å²) in [5.74, 6) is 2.25. The fourth-order valence-electron chi connectivity index (χ4n) is 4.26. The lowest BCUT2D eigenvalue weighted by molar-refractivity contribution is 0.141. The molecular formula is C24H27N7O6S. The molecule has 0 aliphatic carbocycles. The standard InChI is InChI=1S/C24H27N7O6S/c1-4-37-19-10-5-7-15(26-19)23-29-21-24(31(23)20-17(35-2)8-6-9-18(20)36-3)27-16(11-25-38(33)34)22(28-21)30-12-14(32)13-30/h5-10,14,32,38H,4,11-13H2,1-3H3,(H,25,33,34). The Balaban J connectivity index is 1.81. The number of aliphatic hydroxyl groups excluding tert-OH is 1. The lowest BCUT2D eigenvalue weighted by Crippen LogP contribution is -2.51. The Morgan fingerprint density at radius 2 is 1.74 bits per heavy atom. The molecule has 0 atom stereocenters. The summed E-state index contributed by atoms with van der Waals surface area (Å²) in [6, 6.07) is 10.7. The number of hydrogen-bond donors (Lipinski definition) is 3. The molecule has 1 aromatic carbocycles. The van der Waals surface area contributed by atoms with Crippen molar-refractivity contribution in [3.63, 3.8) is 0 Å². The van der Waals surface area contributed by atoms with Crippen LogP contribution in [0.5, 0.6) is 17.4 Å². The van der Waals surface area contributed by atoms with Crippen LogP contribution in [0.2, 0.25) is 0 Å². The fourth-order valence-corrected chi connectivity index (χ4v) is 4.54. The smallest absolute Gasteiger partial charge is 0.213 e. The topological polar surface area (TPSA) is 154 Å². The zero-order chi connectivity index (χ0) is 26.8. The van der Waals surface area contributed by atoms with Gasteiger partial charge in [0.2, 0.25) is 16.8 Å². The summed E-state index contributed by atoms with van der Waals surface area (Å²) in [5, 5.41) is 9.86. The van der Waals surface area contributed by atoms with E-state index in [1.807, 2.05) is 17.9 Å². The van der Waals surface area contributed by atoms with Crippen molar-refractivity contribution >= 4 is 28.0 Å². The molecule has 3 aromatic heterocycles. The van der Waals surface area contributed by atoms with Crippen LogP contribution in [0.15, 0.2) is 36.4 Å². The Morgan fingerprint density at radius 1 is 1.03 bits per heavy atom. The number of benzene rings is 1. The van der Waals surface area contributed by atoms with Gasteiger partial charge in [0.05, 0.1) is 33.5 Å². The number of β-amino-alcohol motifs (C(OH)–C–C–N with tert-alkyl or cyclic N) is 1. The molecule has 0 unspecified atom stereocenters. The number of pyridine rings is 1. The molecule has 1 fully saturated rings. The fraction of sp³-hybridized carbons (Fsp3) is 0.333. The monoisotopic (exact) mass is 541 g/mol. The largest absolute Gasteiger partial charge is 0.494 e. The number of para-hydroxylation sites is 1. The maximum atomic E-state index is 11.3. The number of imidazole rings is 1. The van der Waals surface area contributed by atoms with E-state index in [1.165, 1.54) is 0 Å². The molecule has 38 heavy (non-hydrogen) atoms. The van der Waals surface area contributed by atoms with Crippen molar-refractivity contribution in [3.05, 3.63) is 42.1 Å². The number of fused-ring (bicyclic) bond motifs is 1. The number of hydrogen-bond acceptors (Lipinski definition) is 11. The third-order valence-corrected chi connectivity index (χ3v) is 6.37. The second-order valence-electron chi connectivity index (χ2n) is 8.37. The van der Waals surface area contributed by atoms with E-state index in [2.05, 4.69) is 9.71 Å². The Kier molecular flexibility index (Phi) is 7.26. The SMILES string of the molecule is CCOc1cccc(-c2nc3nc(N4CC(O)C4)c(CN[SH](=O)=O)nc3n2-c2c(OC)cccc2OC)n1. The van der Waals surface area contributed by atoms with E-state index in [0.717, 1.165) is 0 Å². The molecule has 1 aliphatic rings. The number of rotatable bonds is 10. The molecule has 200 valence electrons. The van der Waals surface area contributed by atoms with Crippen molar-refractivity contribution in [2.45, 2.75) is 19.6 Å². The van der Waals surface area contributed by atoms with Crippen LogP contribution in [0, 0.1) is 0 Å². The van der Waals surface area contributed by atoms with Crippen molar-refractivity contribution in [2.24, 2.45) is 0 Å². The van der Waals surface area contributed by atoms with Gasteiger partial charge in [-0.25, -0.2) is 33.1 Å². The van der Waals surface area contributed by atoms with Crippen LogP contribution in [-0.2, 0) is 17.4 Å². The van der Waals surface area contributed by atoms with Gasteiger partial charge in [0, 0.05) is 19.2 Å². The minimum absolute atomic E-state index is 0.0920. The van der Waals surface area contributed by atoms with Gasteiger partial charge in [0.1, 0.15) is 28.6 Å². The summed E-state index contributed by atoms with van der Waals surface area (Å²) in [4.78, 5) is 20.8. The van der Waals surface area contributed by atoms with Crippen molar-refractivity contribution < 1.29 is 27.7 Å². The van der Waals surface area contributed by atoms with Crippen molar-refractivity contribution in [1.82, 2.24) is 29.2 Å². The van der Waals surface area contributed by atoms with Gasteiger partial charge in [-0.15, -0.1) is 0 Å². The first-order valence-electron chi connectivity index (χ1n) is 11.8. The van der Waals surface area contributed by atoms with Crippen molar-refractivity contribution in [3.8, 4) is 34.6 Å². The van der Waals surface area contributed by atoms with Crippen LogP contribution in [-0.4, -0.2) is 78.0 Å². The maximum absolute atomic E-state index is 11.3. The summed E-state index contributed by atoms with van der Waals surface area (Å²) in [5.41, 5.74) is 2.03. The van der Waals surface area contributed by atoms with Gasteiger partial charge in [-0.05, 0) is 25.1 Å². The molecule has 0 amide bonds. The highest BCUT2D eigenvalue weighted by atomic mass is 32.2. The highest BCUT2D eigenvalue weighted by Crippen LogP contribution is 2.38. The van der Waals surface area contributed by atoms with Crippen LogP contribution in [0.4, 0.5) is 5.82 Å². The zero-order valence-electron chi connectivity index (χ0n) is 21.0. The summed E-state index contributed by atoms with van der Waals surface area (Å²) in [7, 11) is 0.220. The first-order valence-corrected chi connectivity index (χ1v) is 13.0. The second kappa shape index (κ2) is 10.8. The lowest BCUT2D eigenvalue weighted by atomic mass is 10.1. The van der Waals surface area contributed by atoms with Gasteiger partial charge < -0.3 is 24.2 Å². The average Bonchev–Trinajstić information content (AvgIpc) is 3.27. The number of aromatic nitrogens is 5. The van der Waals surface area contributed by atoms with Crippen molar-refractivity contribution in [2.75, 3.05) is 38.8 Å². The predicted octanol–water partition coefficient (Wildman–Crippen LogP) is 1.09. The van der Waals surface area contributed by atoms with Gasteiger partial charge in [-0.3, -0.25) is 4.57 Å². The molecule has 0 radical (unpaired) electrons. The molecule has 13 nitrogen and oxygen atoms in total. The number of ether oxygens (including phenoxy) is 3. The second-order valence-corrected chi connectivity index (χ2v) is 9.20. The van der Waals surface area contributed by atoms with Gasteiger partial charge in [-0.2, -0.15) is 0 Å². The minimum Gasteiger partial charge on any atom is -0.494 e. The summed E-state index contributed by atoms with van der Waals surface area (Å²) in [6.07, 6.45) is -0.499. The highest BCUT2D eigenvalue weighted by Gasteiger charge is 2.31. The summed E-state index contributed by atoms with van der Waals surface area (Å²) >= 11 is 0. The van der Waals surface area contributed by atoms with E-state index in [4.69, 9.17) is 29.2 Å². The van der Waals surface area contributed by atoms with E-state index in [0.29, 0.717) is 77.1 Å². The van der Waals surface area contributed by atoms with E-state index >= 15 is 0 Å². The van der Waals surface area contributed by atoms with E-state index in [9.17, 15) is 13.5 Å². The van der Waals surface area contributed by atoms with E-state index < -0.39 is 17.0 Å². The number of anilines is 1. The Hall–Kier alpha value is -4.01. The Labute approximate surface area is 220 Å². The lowest BCUT2D eigenvalue weighted by Gasteiger charge is -2.37. The third kappa shape index (κ3) is 4.80. The van der Waals surface area contributed by atoms with Gasteiger partial charge in [0.15, 0.2) is 22.9 Å². The number of nitrogens with zero attached hydrogens (tertiary/aromatic N) is 6. The predicted molar refractivity (Wildman–Crippen MR) is 140 cm³/mol. The summed E-state index contributed by atoms with van der Waals surface area (Å²) in [6.45, 7) is 2.92. The number of nitrogens with one attached hydrogen (secondary N) is 1. The van der Waals surface area contributed by atoms with Gasteiger partial charge in [0.25, 0.3) is 0 Å². The maximum Gasteiger partial charge on any atom is 0.213 e. The quantitative estimate of drug-likeness (QED) is 0.247. The number of thiol groups is 1. The molecule has 5 rings (SSSR count). The molecule has 2 N–H and O–H groups in total. The highest BCUT2D eigenvalue weighted by molar-refractivity contribution is 7.70. The Bertz CT molecular complexity index is 1520. The molecule has 4 heterocycles. The van der Waals surface area contributed by atoms with Crippen LogP contribution in [0.3, 0.4) is 0 Å². The summed E-state index contributed by atoms with van der Waals surface area (Å²) < 4.78 is 43.8. The zero-order valence-corrected chi connectivity index (χ0v) is 21.9. The molecule has 0 saturated carbocycles. The molecule has 0 spiro atoms. The minimum atomic E-state index is -2.87.